The number of hydrogen-bond donors (Lipinski definition) is 0. The number of benzene rings is 3. The third-order valence-electron chi connectivity index (χ3n) is 4.29. The fourth-order valence-electron chi connectivity index (χ4n) is 3.00. The monoisotopic (exact) mass is 331 g/mol. The van der Waals surface area contributed by atoms with Gasteiger partial charge in [0, 0.05) is 0 Å². The van der Waals surface area contributed by atoms with E-state index in [1.54, 1.807) is 6.08 Å². The molecular formula is C25H20B. The van der Waals surface area contributed by atoms with Crippen LogP contribution < -0.4 is 5.46 Å². The van der Waals surface area contributed by atoms with Crippen molar-refractivity contribution in [1.29, 1.82) is 0 Å². The molecule has 3 rings (SSSR count). The Balaban J connectivity index is 2.17. The predicted molar refractivity (Wildman–Crippen MR) is 114 cm³/mol. The minimum Gasteiger partial charge on any atom is -0.115 e. The molecule has 0 spiro atoms. The molecule has 0 aliphatic heterocycles. The molecule has 0 nitrogen and oxygen atoms in total. The van der Waals surface area contributed by atoms with Crippen LogP contribution in [0.25, 0.3) is 22.3 Å². The van der Waals surface area contributed by atoms with E-state index < -0.39 is 0 Å². The molecule has 26 heavy (non-hydrogen) atoms. The van der Waals surface area contributed by atoms with Gasteiger partial charge in [-0.2, -0.15) is 0 Å². The van der Waals surface area contributed by atoms with E-state index in [0.717, 1.165) is 5.47 Å². The standard InChI is InChI=1S/C25H20B/c1-3-5-17-22(4-2)26-25-23(20-13-8-6-9-14-20)18-12-19-24(25)21-15-10-7-11-16-21/h1,4-19H,2H3/b17-5-,22-4+. The topological polar surface area (TPSA) is 0 Å². The van der Waals surface area contributed by atoms with Gasteiger partial charge in [-0.3, -0.25) is 0 Å². The molecule has 3 aromatic carbocycles. The zero-order valence-electron chi connectivity index (χ0n) is 14.9. The van der Waals surface area contributed by atoms with Gasteiger partial charge in [0.25, 0.3) is 0 Å². The largest absolute Gasteiger partial charge is 0.192 e. The highest BCUT2D eigenvalue weighted by atomic mass is 14.1. The van der Waals surface area contributed by atoms with Crippen molar-refractivity contribution in [2.75, 3.05) is 0 Å². The summed E-state index contributed by atoms with van der Waals surface area (Å²) in [5.41, 5.74) is 7.10. The molecule has 0 atom stereocenters. The smallest absolute Gasteiger partial charge is 0.115 e. The molecule has 3 aromatic rings. The normalized spacial score (nSPS) is 11.3. The SMILES string of the molecule is C#C/C=C\C([B]c1c(-c2ccccc2)cccc1-c1ccccc1)=C/C. The van der Waals surface area contributed by atoms with E-state index in [1.165, 1.54) is 27.7 Å². The zero-order valence-corrected chi connectivity index (χ0v) is 14.9. The zero-order chi connectivity index (χ0) is 18.2. The lowest BCUT2D eigenvalue weighted by molar-refractivity contribution is 1.61. The van der Waals surface area contributed by atoms with Crippen LogP contribution in [0.3, 0.4) is 0 Å². The number of rotatable bonds is 5. The molecule has 0 aliphatic rings. The fraction of sp³-hybridized carbons (Fsp3) is 0.0400. The van der Waals surface area contributed by atoms with Gasteiger partial charge < -0.3 is 0 Å². The lowest BCUT2D eigenvalue weighted by Gasteiger charge is -2.16. The van der Waals surface area contributed by atoms with Crippen molar-refractivity contribution in [3.05, 3.63) is 103 Å². The van der Waals surface area contributed by atoms with Crippen molar-refractivity contribution in [2.24, 2.45) is 0 Å². The van der Waals surface area contributed by atoms with Crippen LogP contribution in [-0.4, -0.2) is 7.28 Å². The molecule has 0 fully saturated rings. The molecule has 0 amide bonds. The fourth-order valence-corrected chi connectivity index (χ4v) is 3.00. The van der Waals surface area contributed by atoms with E-state index in [1.807, 2.05) is 25.1 Å². The second kappa shape index (κ2) is 8.74. The lowest BCUT2D eigenvalue weighted by atomic mass is 9.58. The Hall–Kier alpha value is -3.24. The van der Waals surface area contributed by atoms with Gasteiger partial charge >= 0.3 is 0 Å². The first-order valence-electron chi connectivity index (χ1n) is 8.71. The Morgan fingerprint density at radius 2 is 1.35 bits per heavy atom. The van der Waals surface area contributed by atoms with E-state index in [4.69, 9.17) is 6.42 Å². The Morgan fingerprint density at radius 3 is 1.81 bits per heavy atom. The second-order valence-electron chi connectivity index (χ2n) is 5.93. The van der Waals surface area contributed by atoms with Crippen LogP contribution in [0.2, 0.25) is 0 Å². The summed E-state index contributed by atoms with van der Waals surface area (Å²) in [4.78, 5) is 0. The van der Waals surface area contributed by atoms with Gasteiger partial charge in [0.05, 0.1) is 0 Å². The van der Waals surface area contributed by atoms with Crippen LogP contribution in [0.15, 0.2) is 103 Å². The molecule has 0 bridgehead atoms. The van der Waals surface area contributed by atoms with Gasteiger partial charge in [0.1, 0.15) is 0 Å². The summed E-state index contributed by atoms with van der Waals surface area (Å²) in [6, 6.07) is 27.4. The first-order chi connectivity index (χ1) is 12.8. The third-order valence-corrected chi connectivity index (χ3v) is 4.29. The van der Waals surface area contributed by atoms with Gasteiger partial charge in [0.2, 0.25) is 0 Å². The maximum absolute atomic E-state index is 5.39. The Bertz CT molecular complexity index is 900. The Morgan fingerprint density at radius 1 is 0.808 bits per heavy atom. The molecule has 1 radical (unpaired) electrons. The van der Waals surface area contributed by atoms with E-state index in [9.17, 15) is 0 Å². The third kappa shape index (κ3) is 4.05. The highest BCUT2D eigenvalue weighted by molar-refractivity contribution is 6.65. The van der Waals surface area contributed by atoms with Gasteiger partial charge in [-0.1, -0.05) is 108 Å². The average Bonchev–Trinajstić information content (AvgIpc) is 2.72. The maximum Gasteiger partial charge on any atom is 0.192 e. The van der Waals surface area contributed by atoms with E-state index in [-0.39, 0.29) is 0 Å². The lowest BCUT2D eigenvalue weighted by Crippen LogP contribution is -2.21. The maximum atomic E-state index is 5.39. The molecule has 0 saturated carbocycles. The van der Waals surface area contributed by atoms with Crippen molar-refractivity contribution in [3.8, 4) is 34.6 Å². The van der Waals surface area contributed by atoms with Crippen molar-refractivity contribution in [1.82, 2.24) is 0 Å². The molecular weight excluding hydrogens is 311 g/mol. The van der Waals surface area contributed by atoms with Crippen molar-refractivity contribution >= 4 is 12.7 Å². The summed E-state index contributed by atoms with van der Waals surface area (Å²) in [5.74, 6) is 2.57. The van der Waals surface area contributed by atoms with Crippen LogP contribution in [0.1, 0.15) is 6.92 Å². The van der Waals surface area contributed by atoms with Gasteiger partial charge in [0.15, 0.2) is 7.28 Å². The van der Waals surface area contributed by atoms with Crippen LogP contribution in [-0.2, 0) is 0 Å². The first kappa shape index (κ1) is 17.6. The molecule has 123 valence electrons. The van der Waals surface area contributed by atoms with E-state index in [0.29, 0.717) is 0 Å². The van der Waals surface area contributed by atoms with E-state index in [2.05, 4.69) is 86.0 Å². The molecule has 0 saturated heterocycles. The van der Waals surface area contributed by atoms with Gasteiger partial charge in [-0.25, -0.2) is 0 Å². The molecule has 1 heteroatoms. The van der Waals surface area contributed by atoms with Crippen LogP contribution in [0, 0.1) is 12.3 Å². The highest BCUT2D eigenvalue weighted by Crippen LogP contribution is 2.24. The van der Waals surface area contributed by atoms with Crippen molar-refractivity contribution < 1.29 is 0 Å². The highest BCUT2D eigenvalue weighted by Gasteiger charge is 2.13. The summed E-state index contributed by atoms with van der Waals surface area (Å²) in [6.45, 7) is 2.03. The second-order valence-corrected chi connectivity index (χ2v) is 5.93. The van der Waals surface area contributed by atoms with Crippen molar-refractivity contribution in [2.45, 2.75) is 6.92 Å². The minimum atomic E-state index is 1.09. The van der Waals surface area contributed by atoms with Gasteiger partial charge in [-0.05, 0) is 35.3 Å². The number of allylic oxidation sites excluding steroid dienone is 4. The first-order valence-corrected chi connectivity index (χ1v) is 8.71. The van der Waals surface area contributed by atoms with Crippen molar-refractivity contribution in [3.63, 3.8) is 0 Å². The molecule has 0 heterocycles. The van der Waals surface area contributed by atoms with E-state index >= 15 is 0 Å². The van der Waals surface area contributed by atoms with Gasteiger partial charge in [-0.15, -0.1) is 6.42 Å². The molecule has 0 aliphatic carbocycles. The van der Waals surface area contributed by atoms with Crippen LogP contribution in [0.4, 0.5) is 0 Å². The summed E-state index contributed by atoms with van der Waals surface area (Å²) in [6.07, 6.45) is 11.2. The number of hydrogen-bond acceptors (Lipinski definition) is 0. The minimum absolute atomic E-state index is 1.09. The molecule has 0 N–H and O–H groups in total. The van der Waals surface area contributed by atoms with Crippen LogP contribution in [0.5, 0.6) is 0 Å². The summed E-state index contributed by atoms with van der Waals surface area (Å²) in [7, 11) is 2.21. The summed E-state index contributed by atoms with van der Waals surface area (Å²) < 4.78 is 0. The Labute approximate surface area is 157 Å². The predicted octanol–water partition coefficient (Wildman–Crippen LogP) is 5.44. The average molecular weight is 331 g/mol. The summed E-state index contributed by atoms with van der Waals surface area (Å²) >= 11 is 0. The number of terminal acetylenes is 1. The Kier molecular flexibility index (Phi) is 5.91. The molecule has 0 unspecified atom stereocenters. The quantitative estimate of drug-likeness (QED) is 0.332. The van der Waals surface area contributed by atoms with Crippen LogP contribution >= 0.6 is 0 Å². The summed E-state index contributed by atoms with van der Waals surface area (Å²) in [5, 5.41) is 0. The molecule has 0 aromatic heterocycles.